The smallest absolute Gasteiger partial charge is 0.182 e. The number of pyridine rings is 2. The molecule has 0 unspecified atom stereocenters. The lowest BCUT2D eigenvalue weighted by molar-refractivity contribution is 0.944. The molecular formula is C18H16N6. The van der Waals surface area contributed by atoms with Crippen molar-refractivity contribution in [1.82, 2.24) is 24.5 Å². The normalized spacial score (nSPS) is 10.9. The van der Waals surface area contributed by atoms with E-state index in [0.29, 0.717) is 5.82 Å². The van der Waals surface area contributed by atoms with E-state index in [0.717, 1.165) is 33.9 Å². The Bertz CT molecular complexity index is 1010. The molecule has 0 radical (unpaired) electrons. The summed E-state index contributed by atoms with van der Waals surface area (Å²) in [5.74, 6) is 1.36. The second kappa shape index (κ2) is 5.73. The monoisotopic (exact) mass is 316 g/mol. The van der Waals surface area contributed by atoms with E-state index in [1.807, 2.05) is 61.1 Å². The van der Waals surface area contributed by atoms with Crippen LogP contribution in [0.1, 0.15) is 5.69 Å². The molecule has 0 aromatic carbocycles. The van der Waals surface area contributed by atoms with Crippen molar-refractivity contribution >= 4 is 22.5 Å². The van der Waals surface area contributed by atoms with E-state index in [1.165, 1.54) is 0 Å². The number of aromatic nitrogens is 5. The molecule has 6 nitrogen and oxygen atoms in total. The first-order chi connectivity index (χ1) is 11.7. The van der Waals surface area contributed by atoms with E-state index in [2.05, 4.69) is 20.3 Å². The largest absolute Gasteiger partial charge is 0.339 e. The maximum atomic E-state index is 4.70. The first kappa shape index (κ1) is 14.3. The predicted octanol–water partition coefficient (Wildman–Crippen LogP) is 3.48. The summed E-state index contributed by atoms with van der Waals surface area (Å²) in [6.07, 6.45) is 5.47. The molecule has 0 atom stereocenters. The molecule has 1 N–H and O–H groups in total. The molecule has 4 heterocycles. The van der Waals surface area contributed by atoms with Gasteiger partial charge in [-0.15, -0.1) is 0 Å². The van der Waals surface area contributed by atoms with Crippen molar-refractivity contribution in [2.75, 3.05) is 5.32 Å². The van der Waals surface area contributed by atoms with Crippen LogP contribution in [0.2, 0.25) is 0 Å². The van der Waals surface area contributed by atoms with Crippen LogP contribution in [0.25, 0.3) is 22.6 Å². The molecule has 0 bridgehead atoms. The quantitative estimate of drug-likeness (QED) is 0.627. The highest BCUT2D eigenvalue weighted by Crippen LogP contribution is 2.27. The number of nitrogens with zero attached hydrogens (tertiary/aromatic N) is 5. The van der Waals surface area contributed by atoms with Gasteiger partial charge in [0.15, 0.2) is 5.82 Å². The van der Waals surface area contributed by atoms with Gasteiger partial charge in [0.1, 0.15) is 17.2 Å². The minimum absolute atomic E-state index is 0.601. The number of hydrogen-bond acceptors (Lipinski definition) is 5. The molecule has 4 aromatic heterocycles. The Labute approximate surface area is 139 Å². The van der Waals surface area contributed by atoms with Gasteiger partial charge in [0.05, 0.1) is 5.39 Å². The Morgan fingerprint density at radius 3 is 2.58 bits per heavy atom. The minimum Gasteiger partial charge on any atom is -0.339 e. The first-order valence-electron chi connectivity index (χ1n) is 7.65. The number of rotatable bonds is 3. The van der Waals surface area contributed by atoms with Crippen LogP contribution >= 0.6 is 0 Å². The fraction of sp³-hybridized carbons (Fsp3) is 0.111. The highest BCUT2D eigenvalue weighted by molar-refractivity contribution is 5.90. The number of hydrogen-bond donors (Lipinski definition) is 1. The molecule has 0 saturated carbocycles. The standard InChI is InChI=1S/C18H16N6/c1-12-4-3-5-15(20-12)17-22-16(21-13-6-9-19-10-7-13)14-8-11-24(2)18(14)23-17/h3-11H,1-2H3,(H,19,21,22,23). The van der Waals surface area contributed by atoms with Crippen molar-refractivity contribution in [3.63, 3.8) is 0 Å². The summed E-state index contributed by atoms with van der Waals surface area (Å²) in [5.41, 5.74) is 3.49. The second-order valence-corrected chi connectivity index (χ2v) is 5.58. The van der Waals surface area contributed by atoms with Gasteiger partial charge >= 0.3 is 0 Å². The van der Waals surface area contributed by atoms with Gasteiger partial charge in [0, 0.05) is 37.0 Å². The van der Waals surface area contributed by atoms with Gasteiger partial charge in [0.25, 0.3) is 0 Å². The molecule has 0 aliphatic heterocycles. The van der Waals surface area contributed by atoms with E-state index >= 15 is 0 Å². The summed E-state index contributed by atoms with van der Waals surface area (Å²) in [4.78, 5) is 18.0. The fourth-order valence-corrected chi connectivity index (χ4v) is 2.59. The molecule has 118 valence electrons. The van der Waals surface area contributed by atoms with Crippen LogP contribution in [0, 0.1) is 6.92 Å². The van der Waals surface area contributed by atoms with Gasteiger partial charge in [-0.2, -0.15) is 0 Å². The van der Waals surface area contributed by atoms with Crippen molar-refractivity contribution in [3.05, 3.63) is 60.7 Å². The van der Waals surface area contributed by atoms with Gasteiger partial charge in [-0.25, -0.2) is 15.0 Å². The van der Waals surface area contributed by atoms with Crippen molar-refractivity contribution in [2.45, 2.75) is 6.92 Å². The summed E-state index contributed by atoms with van der Waals surface area (Å²) in [6.45, 7) is 1.96. The highest BCUT2D eigenvalue weighted by atomic mass is 15.1. The average molecular weight is 316 g/mol. The van der Waals surface area contributed by atoms with E-state index in [-0.39, 0.29) is 0 Å². The summed E-state index contributed by atoms with van der Waals surface area (Å²) in [5, 5.41) is 4.32. The molecule has 0 fully saturated rings. The van der Waals surface area contributed by atoms with Crippen LogP contribution in [0.4, 0.5) is 11.5 Å². The van der Waals surface area contributed by atoms with Crippen LogP contribution in [-0.4, -0.2) is 24.5 Å². The number of aryl methyl sites for hydroxylation is 2. The van der Waals surface area contributed by atoms with Crippen LogP contribution in [0.15, 0.2) is 55.0 Å². The van der Waals surface area contributed by atoms with Gasteiger partial charge in [-0.05, 0) is 37.3 Å². The molecule has 24 heavy (non-hydrogen) atoms. The van der Waals surface area contributed by atoms with Crippen LogP contribution in [-0.2, 0) is 7.05 Å². The lowest BCUT2D eigenvalue weighted by atomic mass is 10.3. The Morgan fingerprint density at radius 2 is 1.79 bits per heavy atom. The van der Waals surface area contributed by atoms with E-state index in [9.17, 15) is 0 Å². The predicted molar refractivity (Wildman–Crippen MR) is 94.0 cm³/mol. The Kier molecular flexibility index (Phi) is 3.42. The maximum Gasteiger partial charge on any atom is 0.182 e. The minimum atomic E-state index is 0.601. The van der Waals surface area contributed by atoms with Crippen molar-refractivity contribution in [1.29, 1.82) is 0 Å². The third-order valence-electron chi connectivity index (χ3n) is 3.78. The molecule has 0 spiro atoms. The maximum absolute atomic E-state index is 4.70. The van der Waals surface area contributed by atoms with Gasteiger partial charge < -0.3 is 9.88 Å². The lowest BCUT2D eigenvalue weighted by Gasteiger charge is -2.09. The number of nitrogens with one attached hydrogen (secondary N) is 1. The zero-order valence-electron chi connectivity index (χ0n) is 13.4. The average Bonchev–Trinajstić information content (AvgIpc) is 2.97. The molecule has 4 rings (SSSR count). The molecule has 0 amide bonds. The lowest BCUT2D eigenvalue weighted by Crippen LogP contribution is -2.01. The van der Waals surface area contributed by atoms with E-state index < -0.39 is 0 Å². The highest BCUT2D eigenvalue weighted by Gasteiger charge is 2.13. The Morgan fingerprint density at radius 1 is 0.958 bits per heavy atom. The Balaban J connectivity index is 1.88. The first-order valence-corrected chi connectivity index (χ1v) is 7.65. The van der Waals surface area contributed by atoms with Crippen LogP contribution in [0.3, 0.4) is 0 Å². The number of fused-ring (bicyclic) bond motifs is 1. The third-order valence-corrected chi connectivity index (χ3v) is 3.78. The van der Waals surface area contributed by atoms with Gasteiger partial charge in [0.2, 0.25) is 0 Å². The van der Waals surface area contributed by atoms with Crippen molar-refractivity contribution < 1.29 is 0 Å². The summed E-state index contributed by atoms with van der Waals surface area (Å²) in [7, 11) is 1.97. The van der Waals surface area contributed by atoms with Gasteiger partial charge in [-0.3, -0.25) is 4.98 Å². The Hall–Kier alpha value is -3.28. The molecular weight excluding hydrogens is 300 g/mol. The molecule has 0 aliphatic carbocycles. The second-order valence-electron chi connectivity index (χ2n) is 5.58. The van der Waals surface area contributed by atoms with Crippen molar-refractivity contribution in [2.24, 2.45) is 7.05 Å². The van der Waals surface area contributed by atoms with Crippen LogP contribution in [0.5, 0.6) is 0 Å². The zero-order chi connectivity index (χ0) is 16.5. The summed E-state index contributed by atoms with van der Waals surface area (Å²) < 4.78 is 1.98. The summed E-state index contributed by atoms with van der Waals surface area (Å²) in [6, 6.07) is 11.7. The molecule has 6 heteroatoms. The third kappa shape index (κ3) is 2.58. The SMILES string of the molecule is Cc1cccc(-c2nc(Nc3ccncc3)c3ccn(C)c3n2)n1. The molecule has 0 aliphatic rings. The van der Waals surface area contributed by atoms with E-state index in [1.54, 1.807) is 12.4 Å². The topological polar surface area (TPSA) is 68.5 Å². The number of anilines is 2. The van der Waals surface area contributed by atoms with E-state index in [4.69, 9.17) is 4.98 Å². The summed E-state index contributed by atoms with van der Waals surface area (Å²) >= 11 is 0. The fourth-order valence-electron chi connectivity index (χ4n) is 2.59. The van der Waals surface area contributed by atoms with Crippen molar-refractivity contribution in [3.8, 4) is 11.5 Å². The van der Waals surface area contributed by atoms with Gasteiger partial charge in [-0.1, -0.05) is 6.07 Å². The zero-order valence-corrected chi connectivity index (χ0v) is 13.4. The van der Waals surface area contributed by atoms with Crippen LogP contribution < -0.4 is 5.32 Å². The molecule has 4 aromatic rings. The molecule has 0 saturated heterocycles.